The minimum absolute atomic E-state index is 0.280. The minimum atomic E-state index is -0.285. The van der Waals surface area contributed by atoms with E-state index in [0.29, 0.717) is 5.56 Å². The first kappa shape index (κ1) is 13.1. The highest BCUT2D eigenvalue weighted by atomic mass is 16.5. The molecule has 0 saturated carbocycles. The van der Waals surface area contributed by atoms with Gasteiger partial charge in [-0.1, -0.05) is 12.1 Å². The van der Waals surface area contributed by atoms with Gasteiger partial charge in [-0.05, 0) is 37.1 Å². The average molecular weight is 248 g/mol. The summed E-state index contributed by atoms with van der Waals surface area (Å²) in [6.45, 7) is 2.86. The van der Waals surface area contributed by atoms with Gasteiger partial charge in [-0.25, -0.2) is 4.79 Å². The van der Waals surface area contributed by atoms with E-state index in [2.05, 4.69) is 4.90 Å². The summed E-state index contributed by atoms with van der Waals surface area (Å²) in [6.07, 6.45) is 2.26. The van der Waals surface area contributed by atoms with Crippen molar-refractivity contribution in [1.82, 2.24) is 4.90 Å². The minimum Gasteiger partial charge on any atom is -0.465 e. The Balaban J connectivity index is 2.02. The standard InChI is InChI=1S/C14H20N2O2/c1-18-14(17)12-5-2-4-11(8-12)9-16-7-3-6-13(15)10-16/h2,4-5,8,13H,3,6-7,9-10,15H2,1H3/t13-/m1/s1. The summed E-state index contributed by atoms with van der Waals surface area (Å²) in [5.74, 6) is -0.285. The van der Waals surface area contributed by atoms with Crippen LogP contribution in [0.1, 0.15) is 28.8 Å². The van der Waals surface area contributed by atoms with Crippen molar-refractivity contribution >= 4 is 5.97 Å². The molecule has 1 heterocycles. The Morgan fingerprint density at radius 3 is 3.11 bits per heavy atom. The van der Waals surface area contributed by atoms with E-state index in [0.717, 1.165) is 38.0 Å². The van der Waals surface area contributed by atoms with Gasteiger partial charge in [0.15, 0.2) is 0 Å². The van der Waals surface area contributed by atoms with Crippen molar-refractivity contribution in [2.75, 3.05) is 20.2 Å². The van der Waals surface area contributed by atoms with Gasteiger partial charge in [0.1, 0.15) is 0 Å². The van der Waals surface area contributed by atoms with Gasteiger partial charge >= 0.3 is 5.97 Å². The van der Waals surface area contributed by atoms with Crippen LogP contribution in [0.5, 0.6) is 0 Å². The number of esters is 1. The SMILES string of the molecule is COC(=O)c1cccc(CN2CCC[C@@H](N)C2)c1. The quantitative estimate of drug-likeness (QED) is 0.821. The second kappa shape index (κ2) is 5.98. The van der Waals surface area contributed by atoms with Crippen molar-refractivity contribution in [2.24, 2.45) is 5.73 Å². The van der Waals surface area contributed by atoms with Crippen LogP contribution in [0.25, 0.3) is 0 Å². The molecule has 1 aromatic carbocycles. The summed E-state index contributed by atoms with van der Waals surface area (Å²) in [5.41, 5.74) is 7.70. The fourth-order valence-electron chi connectivity index (χ4n) is 2.41. The van der Waals surface area contributed by atoms with E-state index in [1.807, 2.05) is 18.2 Å². The molecule has 1 fully saturated rings. The Labute approximate surface area is 108 Å². The topological polar surface area (TPSA) is 55.6 Å². The van der Waals surface area contributed by atoms with E-state index in [4.69, 9.17) is 10.5 Å². The van der Waals surface area contributed by atoms with Crippen LogP contribution in [-0.4, -0.2) is 37.1 Å². The number of nitrogens with zero attached hydrogens (tertiary/aromatic N) is 1. The zero-order chi connectivity index (χ0) is 13.0. The number of piperidine rings is 1. The summed E-state index contributed by atoms with van der Waals surface area (Å²) >= 11 is 0. The lowest BCUT2D eigenvalue weighted by molar-refractivity contribution is 0.0600. The number of carbonyl (C=O) groups is 1. The van der Waals surface area contributed by atoms with Crippen molar-refractivity contribution in [2.45, 2.75) is 25.4 Å². The zero-order valence-corrected chi connectivity index (χ0v) is 10.8. The largest absolute Gasteiger partial charge is 0.465 e. The molecule has 2 N–H and O–H groups in total. The third-order valence-electron chi connectivity index (χ3n) is 3.30. The lowest BCUT2D eigenvalue weighted by Gasteiger charge is -2.30. The monoisotopic (exact) mass is 248 g/mol. The Bertz CT molecular complexity index is 420. The maximum atomic E-state index is 11.5. The lowest BCUT2D eigenvalue weighted by atomic mass is 10.0. The van der Waals surface area contributed by atoms with Crippen LogP contribution >= 0.6 is 0 Å². The van der Waals surface area contributed by atoms with Crippen LogP contribution < -0.4 is 5.73 Å². The Morgan fingerprint density at radius 2 is 2.39 bits per heavy atom. The Kier molecular flexibility index (Phi) is 4.33. The lowest BCUT2D eigenvalue weighted by Crippen LogP contribution is -2.42. The molecule has 1 aromatic rings. The van der Waals surface area contributed by atoms with Gasteiger partial charge in [-0.2, -0.15) is 0 Å². The van der Waals surface area contributed by atoms with Gasteiger partial charge in [0.25, 0.3) is 0 Å². The smallest absolute Gasteiger partial charge is 0.337 e. The summed E-state index contributed by atoms with van der Waals surface area (Å²) in [7, 11) is 1.40. The van der Waals surface area contributed by atoms with Crippen LogP contribution in [0, 0.1) is 0 Å². The highest BCUT2D eigenvalue weighted by molar-refractivity contribution is 5.89. The van der Waals surface area contributed by atoms with E-state index in [1.165, 1.54) is 7.11 Å². The van der Waals surface area contributed by atoms with E-state index in [9.17, 15) is 4.79 Å². The van der Waals surface area contributed by atoms with Gasteiger partial charge in [-0.15, -0.1) is 0 Å². The van der Waals surface area contributed by atoms with Crippen molar-refractivity contribution in [3.63, 3.8) is 0 Å². The molecule has 0 aliphatic carbocycles. The molecule has 0 unspecified atom stereocenters. The molecule has 0 radical (unpaired) electrons. The average Bonchev–Trinajstić information content (AvgIpc) is 2.38. The van der Waals surface area contributed by atoms with Crippen molar-refractivity contribution in [3.8, 4) is 0 Å². The molecule has 0 spiro atoms. The predicted octanol–water partition coefficient (Wildman–Crippen LogP) is 1.40. The molecule has 1 aliphatic heterocycles. The molecular formula is C14H20N2O2. The Morgan fingerprint density at radius 1 is 1.56 bits per heavy atom. The number of hydrogen-bond donors (Lipinski definition) is 1. The van der Waals surface area contributed by atoms with Crippen LogP contribution in [0.15, 0.2) is 24.3 Å². The van der Waals surface area contributed by atoms with E-state index >= 15 is 0 Å². The number of benzene rings is 1. The molecule has 98 valence electrons. The number of ether oxygens (including phenoxy) is 1. The molecule has 2 rings (SSSR count). The molecule has 0 aromatic heterocycles. The second-order valence-electron chi connectivity index (χ2n) is 4.83. The third-order valence-corrected chi connectivity index (χ3v) is 3.30. The van der Waals surface area contributed by atoms with Crippen molar-refractivity contribution < 1.29 is 9.53 Å². The van der Waals surface area contributed by atoms with E-state index in [1.54, 1.807) is 6.07 Å². The van der Waals surface area contributed by atoms with Crippen LogP contribution in [0.4, 0.5) is 0 Å². The summed E-state index contributed by atoms with van der Waals surface area (Å²) in [4.78, 5) is 13.8. The predicted molar refractivity (Wildman–Crippen MR) is 70.3 cm³/mol. The maximum absolute atomic E-state index is 11.5. The van der Waals surface area contributed by atoms with E-state index in [-0.39, 0.29) is 12.0 Å². The van der Waals surface area contributed by atoms with Crippen molar-refractivity contribution in [1.29, 1.82) is 0 Å². The van der Waals surface area contributed by atoms with Gasteiger partial charge in [-0.3, -0.25) is 4.90 Å². The number of carbonyl (C=O) groups excluding carboxylic acids is 1. The fourth-order valence-corrected chi connectivity index (χ4v) is 2.41. The molecule has 4 heteroatoms. The third kappa shape index (κ3) is 3.31. The highest BCUT2D eigenvalue weighted by Crippen LogP contribution is 2.14. The van der Waals surface area contributed by atoms with Crippen LogP contribution in [-0.2, 0) is 11.3 Å². The first-order chi connectivity index (χ1) is 8.69. The molecule has 0 bridgehead atoms. The molecule has 0 amide bonds. The van der Waals surface area contributed by atoms with Crippen LogP contribution in [0.2, 0.25) is 0 Å². The van der Waals surface area contributed by atoms with Gasteiger partial charge in [0.2, 0.25) is 0 Å². The number of rotatable bonds is 3. The fraction of sp³-hybridized carbons (Fsp3) is 0.500. The number of nitrogens with two attached hydrogens (primary N) is 1. The molecule has 1 saturated heterocycles. The summed E-state index contributed by atoms with van der Waals surface area (Å²) in [6, 6.07) is 7.88. The van der Waals surface area contributed by atoms with Gasteiger partial charge in [0, 0.05) is 19.1 Å². The van der Waals surface area contributed by atoms with Gasteiger partial charge < -0.3 is 10.5 Å². The molecule has 1 atom stereocenters. The molecule has 1 aliphatic rings. The summed E-state index contributed by atoms with van der Waals surface area (Å²) < 4.78 is 4.73. The zero-order valence-electron chi connectivity index (χ0n) is 10.8. The number of methoxy groups -OCH3 is 1. The highest BCUT2D eigenvalue weighted by Gasteiger charge is 2.17. The first-order valence-corrected chi connectivity index (χ1v) is 6.34. The molecule has 4 nitrogen and oxygen atoms in total. The van der Waals surface area contributed by atoms with Crippen LogP contribution in [0.3, 0.4) is 0 Å². The number of hydrogen-bond acceptors (Lipinski definition) is 4. The molecule has 18 heavy (non-hydrogen) atoms. The summed E-state index contributed by atoms with van der Waals surface area (Å²) in [5, 5.41) is 0. The normalized spacial score (nSPS) is 20.7. The Hall–Kier alpha value is -1.39. The maximum Gasteiger partial charge on any atom is 0.337 e. The second-order valence-corrected chi connectivity index (χ2v) is 4.83. The first-order valence-electron chi connectivity index (χ1n) is 6.34. The molecular weight excluding hydrogens is 228 g/mol. The van der Waals surface area contributed by atoms with Gasteiger partial charge in [0.05, 0.1) is 12.7 Å². The number of likely N-dealkylation sites (tertiary alicyclic amines) is 1. The van der Waals surface area contributed by atoms with Crippen molar-refractivity contribution in [3.05, 3.63) is 35.4 Å². The van der Waals surface area contributed by atoms with E-state index < -0.39 is 0 Å².